The van der Waals surface area contributed by atoms with Crippen LogP contribution in [0.25, 0.3) is 0 Å². The Kier molecular flexibility index (Phi) is 6.94. The smallest absolute Gasteiger partial charge is 0.259 e. The van der Waals surface area contributed by atoms with Crippen LogP contribution in [0, 0.1) is 0 Å². The number of pyridine rings is 2. The summed E-state index contributed by atoms with van der Waals surface area (Å²) in [5.74, 6) is -0.270. The van der Waals surface area contributed by atoms with Crippen LogP contribution < -0.4 is 4.74 Å². The fraction of sp³-hybridized carbons (Fsp3) is 0.348. The van der Waals surface area contributed by atoms with E-state index in [1.807, 2.05) is 25.4 Å². The summed E-state index contributed by atoms with van der Waals surface area (Å²) in [6.45, 7) is 1.25. The minimum absolute atomic E-state index is 0.0656. The monoisotopic (exact) mass is 450 g/mol. The van der Waals surface area contributed by atoms with E-state index >= 15 is 0 Å². The predicted molar refractivity (Wildman–Crippen MR) is 118 cm³/mol. The van der Waals surface area contributed by atoms with Crippen LogP contribution in [0.15, 0.2) is 55.2 Å². The van der Waals surface area contributed by atoms with Crippen LogP contribution in [0.4, 0.5) is 0 Å². The number of aryl methyl sites for hydroxylation is 1. The average Bonchev–Trinajstić information content (AvgIpc) is 3.18. The molecule has 3 aromatic rings. The van der Waals surface area contributed by atoms with Gasteiger partial charge in [0, 0.05) is 57.0 Å². The zero-order valence-electron chi connectivity index (χ0n) is 18.6. The number of amides is 2. The van der Waals surface area contributed by atoms with Crippen LogP contribution in [0.2, 0.25) is 0 Å². The minimum Gasteiger partial charge on any atom is -0.480 e. The van der Waals surface area contributed by atoms with E-state index in [9.17, 15) is 9.59 Å². The van der Waals surface area contributed by atoms with Crippen LogP contribution in [-0.4, -0.2) is 74.2 Å². The van der Waals surface area contributed by atoms with Gasteiger partial charge in [0.05, 0.1) is 26.0 Å². The SMILES string of the molecule is COc1ncccc1C(=O)N1CC(=O)N(Cc2cnn(C)c2)C[C@@H](OCc2cccnc2)C1. The molecule has 10 nitrogen and oxygen atoms in total. The number of hydrogen-bond donors (Lipinski definition) is 0. The van der Waals surface area contributed by atoms with Crippen LogP contribution in [0.1, 0.15) is 21.5 Å². The lowest BCUT2D eigenvalue weighted by Crippen LogP contribution is -2.39. The molecule has 0 bridgehead atoms. The zero-order valence-corrected chi connectivity index (χ0v) is 18.6. The van der Waals surface area contributed by atoms with Gasteiger partial charge >= 0.3 is 0 Å². The molecule has 3 aromatic heterocycles. The van der Waals surface area contributed by atoms with Crippen molar-refractivity contribution in [3.05, 3.63) is 71.9 Å². The Balaban J connectivity index is 1.56. The van der Waals surface area contributed by atoms with Gasteiger partial charge in [-0.15, -0.1) is 0 Å². The second-order valence-corrected chi connectivity index (χ2v) is 7.84. The molecule has 4 rings (SSSR count). The average molecular weight is 450 g/mol. The molecule has 1 aliphatic rings. The first kappa shape index (κ1) is 22.4. The molecule has 4 heterocycles. The molecule has 0 radical (unpaired) electrons. The summed E-state index contributed by atoms with van der Waals surface area (Å²) in [5, 5.41) is 4.18. The zero-order chi connectivity index (χ0) is 23.2. The highest BCUT2D eigenvalue weighted by atomic mass is 16.5. The maximum absolute atomic E-state index is 13.3. The molecule has 0 saturated carbocycles. The Bertz CT molecular complexity index is 1100. The molecule has 1 aliphatic heterocycles. The number of nitrogens with zero attached hydrogens (tertiary/aromatic N) is 6. The van der Waals surface area contributed by atoms with Crippen molar-refractivity contribution in [2.24, 2.45) is 7.05 Å². The maximum atomic E-state index is 13.3. The summed E-state index contributed by atoms with van der Waals surface area (Å²) < 4.78 is 13.1. The molecular weight excluding hydrogens is 424 g/mol. The van der Waals surface area contributed by atoms with Crippen molar-refractivity contribution in [2.45, 2.75) is 19.3 Å². The van der Waals surface area contributed by atoms with Gasteiger partial charge in [-0.25, -0.2) is 4.98 Å². The molecular formula is C23H26N6O4. The number of carbonyl (C=O) groups is 2. The van der Waals surface area contributed by atoms with E-state index in [-0.39, 0.29) is 36.9 Å². The molecule has 1 atom stereocenters. The number of rotatable bonds is 7. The molecule has 0 N–H and O–H groups in total. The Morgan fingerprint density at radius 3 is 2.73 bits per heavy atom. The summed E-state index contributed by atoms with van der Waals surface area (Å²) in [6.07, 6.45) is 8.20. The lowest BCUT2D eigenvalue weighted by atomic mass is 10.2. The van der Waals surface area contributed by atoms with E-state index in [1.54, 1.807) is 46.5 Å². The number of methoxy groups -OCH3 is 1. The van der Waals surface area contributed by atoms with E-state index in [4.69, 9.17) is 9.47 Å². The number of aromatic nitrogens is 4. The largest absolute Gasteiger partial charge is 0.480 e. The van der Waals surface area contributed by atoms with Crippen molar-refractivity contribution in [3.63, 3.8) is 0 Å². The molecule has 10 heteroatoms. The fourth-order valence-electron chi connectivity index (χ4n) is 3.75. The van der Waals surface area contributed by atoms with Gasteiger partial charge in [0.2, 0.25) is 11.8 Å². The summed E-state index contributed by atoms with van der Waals surface area (Å²) in [7, 11) is 3.29. The van der Waals surface area contributed by atoms with E-state index in [0.717, 1.165) is 11.1 Å². The van der Waals surface area contributed by atoms with Gasteiger partial charge in [-0.1, -0.05) is 6.07 Å². The van der Waals surface area contributed by atoms with Crippen molar-refractivity contribution >= 4 is 11.8 Å². The second-order valence-electron chi connectivity index (χ2n) is 7.84. The Morgan fingerprint density at radius 2 is 2.00 bits per heavy atom. The number of hydrogen-bond acceptors (Lipinski definition) is 7. The first-order valence-electron chi connectivity index (χ1n) is 10.6. The van der Waals surface area contributed by atoms with Crippen molar-refractivity contribution in [1.29, 1.82) is 0 Å². The minimum atomic E-state index is -0.389. The van der Waals surface area contributed by atoms with Crippen molar-refractivity contribution < 1.29 is 19.1 Å². The number of carbonyl (C=O) groups excluding carboxylic acids is 2. The maximum Gasteiger partial charge on any atom is 0.259 e. The van der Waals surface area contributed by atoms with Gasteiger partial charge in [-0.3, -0.25) is 19.3 Å². The summed E-state index contributed by atoms with van der Waals surface area (Å²) in [5.41, 5.74) is 2.13. The van der Waals surface area contributed by atoms with Gasteiger partial charge in [-0.2, -0.15) is 5.10 Å². The van der Waals surface area contributed by atoms with Crippen LogP contribution in [0.5, 0.6) is 5.88 Å². The lowest BCUT2D eigenvalue weighted by Gasteiger charge is -2.25. The molecule has 0 spiro atoms. The second kappa shape index (κ2) is 10.2. The van der Waals surface area contributed by atoms with E-state index in [2.05, 4.69) is 15.1 Å². The third-order valence-electron chi connectivity index (χ3n) is 5.35. The summed E-state index contributed by atoms with van der Waals surface area (Å²) in [6, 6.07) is 7.07. The normalized spacial score (nSPS) is 16.5. The van der Waals surface area contributed by atoms with Crippen molar-refractivity contribution in [2.75, 3.05) is 26.7 Å². The highest BCUT2D eigenvalue weighted by Gasteiger charge is 2.32. The highest BCUT2D eigenvalue weighted by molar-refractivity contribution is 5.98. The topological polar surface area (TPSA) is 103 Å². The van der Waals surface area contributed by atoms with Crippen molar-refractivity contribution in [3.8, 4) is 5.88 Å². The Morgan fingerprint density at radius 1 is 1.15 bits per heavy atom. The van der Waals surface area contributed by atoms with E-state index < -0.39 is 0 Å². The molecule has 2 amide bonds. The molecule has 0 aliphatic carbocycles. The summed E-state index contributed by atoms with van der Waals surface area (Å²) in [4.78, 5) is 37.9. The molecule has 1 saturated heterocycles. The third-order valence-corrected chi connectivity index (χ3v) is 5.35. The lowest BCUT2D eigenvalue weighted by molar-refractivity contribution is -0.132. The molecule has 33 heavy (non-hydrogen) atoms. The fourth-order valence-corrected chi connectivity index (χ4v) is 3.75. The number of ether oxygens (including phenoxy) is 2. The first-order chi connectivity index (χ1) is 16.0. The van der Waals surface area contributed by atoms with Crippen molar-refractivity contribution in [1.82, 2.24) is 29.5 Å². The van der Waals surface area contributed by atoms with Crippen LogP contribution >= 0.6 is 0 Å². The third kappa shape index (κ3) is 5.53. The van der Waals surface area contributed by atoms with Gasteiger partial charge in [0.1, 0.15) is 12.1 Å². The molecule has 0 aromatic carbocycles. The Labute approximate surface area is 191 Å². The summed E-state index contributed by atoms with van der Waals surface area (Å²) >= 11 is 0. The van der Waals surface area contributed by atoms with Gasteiger partial charge in [0.15, 0.2) is 0 Å². The molecule has 172 valence electrons. The van der Waals surface area contributed by atoms with Crippen LogP contribution in [0.3, 0.4) is 0 Å². The van der Waals surface area contributed by atoms with Gasteiger partial charge in [-0.05, 0) is 23.8 Å². The van der Waals surface area contributed by atoms with E-state index in [0.29, 0.717) is 25.3 Å². The highest BCUT2D eigenvalue weighted by Crippen LogP contribution is 2.20. The van der Waals surface area contributed by atoms with Crippen LogP contribution in [-0.2, 0) is 29.7 Å². The molecule has 1 fully saturated rings. The Hall–Kier alpha value is -3.79. The van der Waals surface area contributed by atoms with Gasteiger partial charge in [0.25, 0.3) is 5.91 Å². The predicted octanol–water partition coefficient (Wildman–Crippen LogP) is 1.29. The quantitative estimate of drug-likeness (QED) is 0.534. The standard InChI is InChI=1S/C23H26N6O4/c1-27-11-18(10-26-27)12-28-13-19(33-16-17-5-3-7-24-9-17)14-29(15-21(28)30)23(31)20-6-4-8-25-22(20)32-2/h3-11,19H,12-16H2,1-2H3/t19-/m1/s1. The first-order valence-corrected chi connectivity index (χ1v) is 10.6. The van der Waals surface area contributed by atoms with Gasteiger partial charge < -0.3 is 19.3 Å². The van der Waals surface area contributed by atoms with E-state index in [1.165, 1.54) is 12.0 Å². The molecule has 0 unspecified atom stereocenters.